The summed E-state index contributed by atoms with van der Waals surface area (Å²) in [6.45, 7) is 2.43. The number of H-pyrrole nitrogens is 1. The van der Waals surface area contributed by atoms with Gasteiger partial charge in [0.2, 0.25) is 0 Å². The maximum atomic E-state index is 13.2. The molecule has 4 nitrogen and oxygen atoms in total. The summed E-state index contributed by atoms with van der Waals surface area (Å²) < 4.78 is 13.2. The van der Waals surface area contributed by atoms with Crippen molar-refractivity contribution in [3.8, 4) is 11.1 Å². The van der Waals surface area contributed by atoms with Gasteiger partial charge in [0.1, 0.15) is 16.5 Å². The number of aromatic nitrogens is 2. The van der Waals surface area contributed by atoms with Crippen LogP contribution in [-0.4, -0.2) is 21.4 Å². The predicted molar refractivity (Wildman–Crippen MR) is 110 cm³/mol. The zero-order chi connectivity index (χ0) is 19.1. The lowest BCUT2D eigenvalue weighted by atomic mass is 10.00. The maximum Gasteiger partial charge on any atom is 0.260 e. The molecule has 2 aromatic carbocycles. The van der Waals surface area contributed by atoms with E-state index in [1.54, 1.807) is 12.1 Å². The molecule has 1 N–H and O–H groups in total. The van der Waals surface area contributed by atoms with Gasteiger partial charge >= 0.3 is 0 Å². The number of fused-ring (bicyclic) bond motifs is 2. The minimum absolute atomic E-state index is 0.141. The maximum absolute atomic E-state index is 13.2. The quantitative estimate of drug-likeness (QED) is 0.565. The van der Waals surface area contributed by atoms with E-state index in [0.29, 0.717) is 17.8 Å². The van der Waals surface area contributed by atoms with E-state index >= 15 is 0 Å². The zero-order valence-electron chi connectivity index (χ0n) is 15.1. The summed E-state index contributed by atoms with van der Waals surface area (Å²) in [5.74, 6) is 0.394. The molecule has 140 valence electrons. The van der Waals surface area contributed by atoms with Crippen LogP contribution in [0.5, 0.6) is 0 Å². The normalized spacial score (nSPS) is 14.3. The lowest BCUT2D eigenvalue weighted by molar-refractivity contribution is 0.239. The number of hydrogen-bond acceptors (Lipinski definition) is 4. The van der Waals surface area contributed by atoms with Crippen molar-refractivity contribution in [3.05, 3.63) is 87.0 Å². The van der Waals surface area contributed by atoms with Gasteiger partial charge in [0, 0.05) is 24.0 Å². The molecule has 0 atom stereocenters. The zero-order valence-corrected chi connectivity index (χ0v) is 15.9. The molecule has 0 saturated carbocycles. The number of nitrogens with zero attached hydrogens (tertiary/aromatic N) is 2. The Morgan fingerprint density at radius 2 is 1.89 bits per heavy atom. The van der Waals surface area contributed by atoms with Crippen LogP contribution < -0.4 is 5.56 Å². The standard InChI is InChI=1S/C22H18FN3OS/c23-17-7-5-15(6-8-17)18-13-28-22-20(18)21(27)24-19(25-22)12-26-10-9-14-3-1-2-4-16(14)11-26/h1-8,13H,9-12H2,(H,24,25,27). The predicted octanol–water partition coefficient (Wildman–Crippen LogP) is 4.35. The van der Waals surface area contributed by atoms with Crippen molar-refractivity contribution >= 4 is 21.6 Å². The Morgan fingerprint density at radius 3 is 2.71 bits per heavy atom. The van der Waals surface area contributed by atoms with Crippen molar-refractivity contribution < 1.29 is 4.39 Å². The van der Waals surface area contributed by atoms with E-state index in [0.717, 1.165) is 35.5 Å². The molecular weight excluding hydrogens is 373 g/mol. The van der Waals surface area contributed by atoms with Crippen LogP contribution >= 0.6 is 11.3 Å². The smallest absolute Gasteiger partial charge is 0.260 e. The van der Waals surface area contributed by atoms with Crippen molar-refractivity contribution in [2.75, 3.05) is 6.54 Å². The van der Waals surface area contributed by atoms with Gasteiger partial charge in [-0.25, -0.2) is 9.37 Å². The highest BCUT2D eigenvalue weighted by Gasteiger charge is 2.18. The Kier molecular flexibility index (Phi) is 4.30. The molecule has 0 saturated heterocycles. The summed E-state index contributed by atoms with van der Waals surface area (Å²) in [4.78, 5) is 23.5. The third-order valence-corrected chi connectivity index (χ3v) is 6.10. The first-order valence-electron chi connectivity index (χ1n) is 9.23. The van der Waals surface area contributed by atoms with Crippen molar-refractivity contribution in [2.24, 2.45) is 0 Å². The highest BCUT2D eigenvalue weighted by Crippen LogP contribution is 2.31. The number of hydrogen-bond donors (Lipinski definition) is 1. The van der Waals surface area contributed by atoms with Crippen LogP contribution in [0.15, 0.2) is 58.7 Å². The lowest BCUT2D eigenvalue weighted by Gasteiger charge is -2.28. The average Bonchev–Trinajstić information content (AvgIpc) is 3.13. The Labute approximate surface area is 165 Å². The van der Waals surface area contributed by atoms with E-state index in [4.69, 9.17) is 4.98 Å². The third kappa shape index (κ3) is 3.15. The van der Waals surface area contributed by atoms with Gasteiger partial charge in [-0.05, 0) is 35.2 Å². The second-order valence-corrected chi connectivity index (χ2v) is 7.94. The molecule has 3 heterocycles. The fourth-order valence-electron chi connectivity index (χ4n) is 3.81. The number of nitrogens with one attached hydrogen (secondary N) is 1. The molecule has 0 fully saturated rings. The van der Waals surface area contributed by atoms with E-state index < -0.39 is 0 Å². The second kappa shape index (κ2) is 6.96. The molecule has 2 aromatic heterocycles. The summed E-state index contributed by atoms with van der Waals surface area (Å²) in [7, 11) is 0. The highest BCUT2D eigenvalue weighted by atomic mass is 32.1. The van der Waals surface area contributed by atoms with Crippen LogP contribution in [-0.2, 0) is 19.5 Å². The van der Waals surface area contributed by atoms with E-state index in [1.807, 2.05) is 5.38 Å². The lowest BCUT2D eigenvalue weighted by Crippen LogP contribution is -2.31. The molecule has 0 radical (unpaired) electrons. The van der Waals surface area contributed by atoms with Crippen LogP contribution in [0.2, 0.25) is 0 Å². The summed E-state index contributed by atoms with van der Waals surface area (Å²) in [6, 6.07) is 14.7. The first-order valence-corrected chi connectivity index (χ1v) is 10.1. The van der Waals surface area contributed by atoms with Gasteiger partial charge in [0.15, 0.2) is 0 Å². The van der Waals surface area contributed by atoms with Gasteiger partial charge in [-0.2, -0.15) is 0 Å². The molecule has 6 heteroatoms. The number of thiophene rings is 1. The summed E-state index contributed by atoms with van der Waals surface area (Å²) in [5, 5.41) is 2.49. The van der Waals surface area contributed by atoms with Gasteiger partial charge in [-0.1, -0.05) is 36.4 Å². The minimum atomic E-state index is -0.291. The van der Waals surface area contributed by atoms with Crippen LogP contribution in [0.3, 0.4) is 0 Å². The Bertz CT molecular complexity index is 1210. The van der Waals surface area contributed by atoms with Gasteiger partial charge in [-0.3, -0.25) is 9.69 Å². The fraction of sp³-hybridized carbons (Fsp3) is 0.182. The molecule has 0 unspecified atom stereocenters. The van der Waals surface area contributed by atoms with Crippen LogP contribution in [0.25, 0.3) is 21.3 Å². The van der Waals surface area contributed by atoms with E-state index in [2.05, 4.69) is 34.1 Å². The van der Waals surface area contributed by atoms with Gasteiger partial charge in [0.25, 0.3) is 5.56 Å². The summed E-state index contributed by atoms with van der Waals surface area (Å²) in [5.41, 5.74) is 4.22. The molecule has 0 bridgehead atoms. The largest absolute Gasteiger partial charge is 0.309 e. The first-order chi connectivity index (χ1) is 13.7. The number of rotatable bonds is 3. The molecular formula is C22H18FN3OS. The van der Waals surface area contributed by atoms with Crippen LogP contribution in [0.4, 0.5) is 4.39 Å². The second-order valence-electron chi connectivity index (χ2n) is 7.08. The van der Waals surface area contributed by atoms with Crippen LogP contribution in [0.1, 0.15) is 17.0 Å². The van der Waals surface area contributed by atoms with Gasteiger partial charge in [-0.15, -0.1) is 11.3 Å². The van der Waals surface area contributed by atoms with E-state index in [-0.39, 0.29) is 11.4 Å². The molecule has 0 amide bonds. The fourth-order valence-corrected chi connectivity index (χ4v) is 4.78. The van der Waals surface area contributed by atoms with Crippen LogP contribution in [0, 0.1) is 5.82 Å². The van der Waals surface area contributed by atoms with Crippen molar-refractivity contribution in [1.82, 2.24) is 14.9 Å². The molecule has 5 rings (SSSR count). The summed E-state index contributed by atoms with van der Waals surface area (Å²) in [6.07, 6.45) is 1.01. The minimum Gasteiger partial charge on any atom is -0.309 e. The highest BCUT2D eigenvalue weighted by molar-refractivity contribution is 7.17. The van der Waals surface area contributed by atoms with Crippen molar-refractivity contribution in [3.63, 3.8) is 0 Å². The molecule has 1 aliphatic rings. The Hall–Kier alpha value is -2.83. The number of halogens is 1. The van der Waals surface area contributed by atoms with E-state index in [1.165, 1.54) is 34.6 Å². The molecule has 0 aliphatic carbocycles. The molecule has 1 aliphatic heterocycles. The number of aromatic amines is 1. The first kappa shape index (κ1) is 17.3. The SMILES string of the molecule is O=c1[nH]c(CN2CCc3ccccc3C2)nc2scc(-c3ccc(F)cc3)c12. The number of benzene rings is 2. The van der Waals surface area contributed by atoms with Gasteiger partial charge in [0.05, 0.1) is 11.9 Å². The van der Waals surface area contributed by atoms with Crippen molar-refractivity contribution in [1.29, 1.82) is 0 Å². The van der Waals surface area contributed by atoms with E-state index in [9.17, 15) is 9.18 Å². The van der Waals surface area contributed by atoms with Crippen molar-refractivity contribution in [2.45, 2.75) is 19.5 Å². The average molecular weight is 391 g/mol. The Balaban J connectivity index is 1.45. The molecule has 4 aromatic rings. The topological polar surface area (TPSA) is 49.0 Å². The molecule has 28 heavy (non-hydrogen) atoms. The summed E-state index contributed by atoms with van der Waals surface area (Å²) >= 11 is 1.45. The molecule has 0 spiro atoms. The monoisotopic (exact) mass is 391 g/mol. The third-order valence-electron chi connectivity index (χ3n) is 5.23. The van der Waals surface area contributed by atoms with Gasteiger partial charge < -0.3 is 4.98 Å². The Morgan fingerprint density at radius 1 is 1.11 bits per heavy atom.